The number of hydrogen-bond donors (Lipinski definition) is 0. The summed E-state index contributed by atoms with van der Waals surface area (Å²) in [5.41, 5.74) is 0.0281. The molecule has 1 aliphatic rings. The fraction of sp³-hybridized carbons (Fsp3) is 0.250. The minimum Gasteiger partial charge on any atom is -0.459 e. The van der Waals surface area contributed by atoms with E-state index in [4.69, 9.17) is 42.6 Å². The summed E-state index contributed by atoms with van der Waals surface area (Å²) >= 11 is 0. The Labute approximate surface area is 343 Å². The van der Waals surface area contributed by atoms with Gasteiger partial charge in [0.2, 0.25) is 0 Å². The van der Waals surface area contributed by atoms with Gasteiger partial charge < -0.3 is 42.6 Å². The largest absolute Gasteiger partial charge is 0.459 e. The van der Waals surface area contributed by atoms with Gasteiger partial charge in [-0.3, -0.25) is 14.4 Å². The smallest absolute Gasteiger partial charge is 0.342 e. The van der Waals surface area contributed by atoms with E-state index in [2.05, 4.69) is 0 Å². The van der Waals surface area contributed by atoms with Gasteiger partial charge in [-0.1, -0.05) is 72.8 Å². The van der Waals surface area contributed by atoms with E-state index in [1.54, 1.807) is 37.3 Å². The fourth-order valence-electron chi connectivity index (χ4n) is 5.86. The number of allylic oxidation sites excluding steroid dienone is 1. The zero-order valence-corrected chi connectivity index (χ0v) is 32.8. The molecule has 0 radical (unpaired) electrons. The summed E-state index contributed by atoms with van der Waals surface area (Å²) in [7, 11) is 0. The summed E-state index contributed by atoms with van der Waals surface area (Å²) in [5.74, 6) is -6.84. The quantitative estimate of drug-likeness (QED) is 0.0629. The first-order valence-electron chi connectivity index (χ1n) is 18.4. The van der Waals surface area contributed by atoms with Crippen molar-refractivity contribution in [2.75, 3.05) is 6.61 Å². The lowest BCUT2D eigenvalue weighted by atomic mass is 9.97. The van der Waals surface area contributed by atoms with Crippen molar-refractivity contribution in [2.24, 2.45) is 0 Å². The van der Waals surface area contributed by atoms with Crippen molar-refractivity contribution < 1.29 is 76.2 Å². The van der Waals surface area contributed by atoms with Crippen LogP contribution in [0.4, 0.5) is 0 Å². The number of esters is 7. The molecule has 16 heteroatoms. The molecular formula is C44H40O16. The molecule has 4 aromatic carbocycles. The zero-order valence-electron chi connectivity index (χ0n) is 32.8. The van der Waals surface area contributed by atoms with Gasteiger partial charge >= 0.3 is 41.8 Å². The van der Waals surface area contributed by atoms with Crippen molar-refractivity contribution in [3.8, 4) is 17.2 Å². The monoisotopic (exact) mass is 824 g/mol. The van der Waals surface area contributed by atoms with E-state index in [1.807, 2.05) is 0 Å². The highest BCUT2D eigenvalue weighted by molar-refractivity contribution is 5.95. The van der Waals surface area contributed by atoms with Gasteiger partial charge in [-0.25, -0.2) is 19.2 Å². The van der Waals surface area contributed by atoms with Crippen LogP contribution < -0.4 is 14.2 Å². The summed E-state index contributed by atoms with van der Waals surface area (Å²) in [5, 5.41) is 0. The van der Waals surface area contributed by atoms with E-state index >= 15 is 0 Å². The average molecular weight is 825 g/mol. The maximum atomic E-state index is 14.1. The number of ether oxygens (including phenoxy) is 9. The van der Waals surface area contributed by atoms with Crippen molar-refractivity contribution in [3.05, 3.63) is 138 Å². The second-order valence-electron chi connectivity index (χ2n) is 12.8. The van der Waals surface area contributed by atoms with Crippen molar-refractivity contribution in [1.29, 1.82) is 0 Å². The number of benzene rings is 4. The Hall–Kier alpha value is -7.17. The van der Waals surface area contributed by atoms with Crippen molar-refractivity contribution in [2.45, 2.75) is 65.0 Å². The number of para-hydroxylation sites is 3. The normalized spacial score (nSPS) is 18.4. The summed E-state index contributed by atoms with van der Waals surface area (Å²) in [4.78, 5) is 90.7. The molecule has 0 amide bonds. The number of hydrogen-bond acceptors (Lipinski definition) is 16. The van der Waals surface area contributed by atoms with Crippen LogP contribution in [0.25, 0.3) is 0 Å². The second-order valence-corrected chi connectivity index (χ2v) is 12.8. The molecule has 5 unspecified atom stereocenters. The summed E-state index contributed by atoms with van der Waals surface area (Å²) in [6.45, 7) is 4.10. The van der Waals surface area contributed by atoms with E-state index in [0.717, 1.165) is 26.8 Å². The fourth-order valence-corrected chi connectivity index (χ4v) is 5.86. The first-order valence-corrected chi connectivity index (χ1v) is 18.4. The van der Waals surface area contributed by atoms with Crippen LogP contribution in [-0.4, -0.2) is 79.1 Å². The van der Waals surface area contributed by atoms with E-state index in [9.17, 15) is 33.6 Å². The Balaban J connectivity index is 1.62. The van der Waals surface area contributed by atoms with E-state index < -0.39 is 79.1 Å². The van der Waals surface area contributed by atoms with Crippen LogP contribution in [-0.2, 0) is 54.2 Å². The Morgan fingerprint density at radius 2 is 1.00 bits per heavy atom. The third kappa shape index (κ3) is 11.9. The number of carbonyl (C=O) groups is 7. The van der Waals surface area contributed by atoms with E-state index in [0.29, 0.717) is 5.56 Å². The predicted molar refractivity (Wildman–Crippen MR) is 207 cm³/mol. The minimum atomic E-state index is -1.81. The van der Waals surface area contributed by atoms with Gasteiger partial charge in [0, 0.05) is 26.8 Å². The van der Waals surface area contributed by atoms with Crippen molar-refractivity contribution in [3.63, 3.8) is 0 Å². The molecule has 0 N–H and O–H groups in total. The average Bonchev–Trinajstić information content (AvgIpc) is 3.21. The van der Waals surface area contributed by atoms with E-state index in [1.165, 1.54) is 78.9 Å². The maximum Gasteiger partial charge on any atom is 0.342 e. The van der Waals surface area contributed by atoms with Crippen LogP contribution in [0.15, 0.2) is 115 Å². The molecule has 0 saturated carbocycles. The molecule has 0 aliphatic carbocycles. The lowest BCUT2D eigenvalue weighted by Gasteiger charge is -2.44. The van der Waals surface area contributed by atoms with Gasteiger partial charge in [0.1, 0.15) is 46.6 Å². The molecule has 1 saturated heterocycles. The van der Waals surface area contributed by atoms with Gasteiger partial charge in [0.15, 0.2) is 24.6 Å². The molecule has 60 heavy (non-hydrogen) atoms. The standard InChI is InChI=1S/C44H40O16/c1-5-15-37(48)58-40-39(60-43(51)32-20-11-14-23-35(32)56-28(4)47)38(59-42(50)31-19-10-13-22-34(31)55-27(3)46)36(57-44(40)53-24-29-16-7-6-8-17-29)25-52-41(49)30-18-9-12-21-33(30)54-26(2)45/h5-23,36,38-40,44H,24-25H2,1-4H3/b15-5+. The molecule has 0 spiro atoms. The van der Waals surface area contributed by atoms with Crippen molar-refractivity contribution >= 4 is 41.8 Å². The van der Waals surface area contributed by atoms with Crippen LogP contribution in [0.5, 0.6) is 17.2 Å². The summed E-state index contributed by atoms with van der Waals surface area (Å²) in [6, 6.07) is 25.8. The number of rotatable bonds is 15. The van der Waals surface area contributed by atoms with Gasteiger partial charge in [0.05, 0.1) is 6.61 Å². The van der Waals surface area contributed by atoms with Crippen molar-refractivity contribution in [1.82, 2.24) is 0 Å². The minimum absolute atomic E-state index is 0.108. The summed E-state index contributed by atoms with van der Waals surface area (Å²) < 4.78 is 51.7. The molecule has 5 rings (SSSR count). The maximum absolute atomic E-state index is 14.1. The van der Waals surface area contributed by atoms with Crippen LogP contribution in [0.3, 0.4) is 0 Å². The molecule has 0 aromatic heterocycles. The second kappa shape index (κ2) is 21.0. The molecule has 5 atom stereocenters. The Bertz CT molecular complexity index is 2230. The molecule has 1 fully saturated rings. The SMILES string of the molecule is C/C=C/C(=O)OC1C(OCc2ccccc2)OC(COC(=O)c2ccccc2OC(C)=O)C(OC(=O)c2ccccc2OC(C)=O)C1OC(=O)c1ccccc1OC(C)=O. The third-order valence-corrected chi connectivity index (χ3v) is 8.35. The first kappa shape index (κ1) is 43.9. The van der Waals surface area contributed by atoms with Crippen LogP contribution in [0.1, 0.15) is 64.3 Å². The molecule has 16 nitrogen and oxygen atoms in total. The van der Waals surface area contributed by atoms with Gasteiger partial charge in [0.25, 0.3) is 0 Å². The van der Waals surface area contributed by atoms with Gasteiger partial charge in [-0.2, -0.15) is 0 Å². The highest BCUT2D eigenvalue weighted by Crippen LogP contribution is 2.34. The predicted octanol–water partition coefficient (Wildman–Crippen LogP) is 5.50. The highest BCUT2D eigenvalue weighted by atomic mass is 16.7. The summed E-state index contributed by atoms with van der Waals surface area (Å²) in [6.07, 6.45) is -5.98. The Morgan fingerprint density at radius 1 is 0.550 bits per heavy atom. The number of carbonyl (C=O) groups excluding carboxylic acids is 7. The van der Waals surface area contributed by atoms with Gasteiger partial charge in [-0.15, -0.1) is 0 Å². The van der Waals surface area contributed by atoms with E-state index in [-0.39, 0.29) is 40.5 Å². The van der Waals surface area contributed by atoms with Crippen LogP contribution in [0.2, 0.25) is 0 Å². The lowest BCUT2D eigenvalue weighted by Crippen LogP contribution is -2.63. The Morgan fingerprint density at radius 3 is 1.48 bits per heavy atom. The zero-order chi connectivity index (χ0) is 43.2. The lowest BCUT2D eigenvalue weighted by molar-refractivity contribution is -0.304. The van der Waals surface area contributed by atoms with Crippen LogP contribution in [0, 0.1) is 0 Å². The Kier molecular flexibility index (Phi) is 15.4. The van der Waals surface area contributed by atoms with Gasteiger partial charge in [-0.05, 0) is 48.9 Å². The molecule has 1 heterocycles. The molecule has 0 bridgehead atoms. The highest BCUT2D eigenvalue weighted by Gasteiger charge is 2.54. The molecule has 1 aliphatic heterocycles. The first-order chi connectivity index (χ1) is 28.8. The topological polar surface area (TPSA) is 203 Å². The molecule has 312 valence electrons. The third-order valence-electron chi connectivity index (χ3n) is 8.35. The molecular weight excluding hydrogens is 784 g/mol. The molecule has 4 aromatic rings. The van der Waals surface area contributed by atoms with Crippen LogP contribution >= 0.6 is 0 Å².